The molecule has 0 aliphatic heterocycles. The van der Waals surface area contributed by atoms with Crippen molar-refractivity contribution in [1.29, 1.82) is 0 Å². The number of aryl methyl sites for hydroxylation is 1. The maximum Gasteiger partial charge on any atom is 0.341 e. The van der Waals surface area contributed by atoms with Crippen molar-refractivity contribution in [1.82, 2.24) is 0 Å². The first-order chi connectivity index (χ1) is 19.0. The molecule has 39 heavy (non-hydrogen) atoms. The van der Waals surface area contributed by atoms with E-state index in [1.165, 1.54) is 41.5 Å². The van der Waals surface area contributed by atoms with Gasteiger partial charge in [0.2, 0.25) is 5.91 Å². The molecule has 1 aromatic heterocycles. The molecule has 1 aliphatic rings. The first-order valence-corrected chi connectivity index (χ1v) is 14.9. The molecule has 4 aromatic rings. The SMILES string of the molecule is COC(=O)c1c(NC(=O)CSc2cccc(NC(=O)c3ccc4ccccc4c3)c2)sc2c1CCCCCC2. The van der Waals surface area contributed by atoms with Gasteiger partial charge in [-0.15, -0.1) is 23.1 Å². The number of thioether (sulfide) groups is 1. The molecule has 1 heterocycles. The molecule has 1 aliphatic carbocycles. The van der Waals surface area contributed by atoms with Crippen LogP contribution in [0.2, 0.25) is 0 Å². The van der Waals surface area contributed by atoms with E-state index in [0.29, 0.717) is 21.8 Å². The summed E-state index contributed by atoms with van der Waals surface area (Å²) >= 11 is 2.87. The molecule has 2 amide bonds. The summed E-state index contributed by atoms with van der Waals surface area (Å²) in [6.45, 7) is 0. The predicted octanol–water partition coefficient (Wildman–Crippen LogP) is 7.33. The highest BCUT2D eigenvalue weighted by molar-refractivity contribution is 8.00. The summed E-state index contributed by atoms with van der Waals surface area (Å²) in [5.41, 5.74) is 2.78. The van der Waals surface area contributed by atoms with Crippen molar-refractivity contribution in [3.05, 3.63) is 88.3 Å². The number of carbonyl (C=O) groups excluding carboxylic acids is 3. The molecule has 0 spiro atoms. The highest BCUT2D eigenvalue weighted by Gasteiger charge is 2.26. The Bertz CT molecular complexity index is 1530. The van der Waals surface area contributed by atoms with Crippen LogP contribution in [-0.2, 0) is 22.4 Å². The van der Waals surface area contributed by atoms with Crippen LogP contribution >= 0.6 is 23.1 Å². The third-order valence-corrected chi connectivity index (χ3v) is 8.99. The van der Waals surface area contributed by atoms with Crippen molar-refractivity contribution in [3.63, 3.8) is 0 Å². The second kappa shape index (κ2) is 12.5. The topological polar surface area (TPSA) is 84.5 Å². The van der Waals surface area contributed by atoms with Crippen LogP contribution in [0.25, 0.3) is 10.8 Å². The highest BCUT2D eigenvalue weighted by atomic mass is 32.2. The van der Waals surface area contributed by atoms with Gasteiger partial charge in [-0.2, -0.15) is 0 Å². The molecule has 2 N–H and O–H groups in total. The van der Waals surface area contributed by atoms with Crippen molar-refractivity contribution < 1.29 is 19.1 Å². The smallest absolute Gasteiger partial charge is 0.341 e. The number of ether oxygens (including phenoxy) is 1. The monoisotopic (exact) mass is 558 g/mol. The second-order valence-corrected chi connectivity index (χ2v) is 11.6. The molecule has 0 saturated carbocycles. The van der Waals surface area contributed by atoms with E-state index in [-0.39, 0.29) is 17.6 Å². The normalized spacial score (nSPS) is 13.2. The summed E-state index contributed by atoms with van der Waals surface area (Å²) in [4.78, 5) is 40.4. The molecule has 0 fully saturated rings. The number of rotatable bonds is 7. The second-order valence-electron chi connectivity index (χ2n) is 9.49. The van der Waals surface area contributed by atoms with Gasteiger partial charge in [-0.05, 0) is 72.4 Å². The fraction of sp³-hybridized carbons (Fsp3) is 0.258. The number of methoxy groups -OCH3 is 1. The Labute approximate surface area is 236 Å². The van der Waals surface area contributed by atoms with Gasteiger partial charge in [0.05, 0.1) is 18.4 Å². The average Bonchev–Trinajstić information content (AvgIpc) is 3.26. The minimum absolute atomic E-state index is 0.172. The third-order valence-electron chi connectivity index (χ3n) is 6.79. The van der Waals surface area contributed by atoms with Gasteiger partial charge in [0, 0.05) is 21.0 Å². The van der Waals surface area contributed by atoms with E-state index in [1.807, 2.05) is 66.7 Å². The van der Waals surface area contributed by atoms with Crippen LogP contribution < -0.4 is 10.6 Å². The fourth-order valence-electron chi connectivity index (χ4n) is 4.83. The zero-order valence-corrected chi connectivity index (χ0v) is 23.4. The molecule has 0 radical (unpaired) electrons. The Morgan fingerprint density at radius 3 is 2.49 bits per heavy atom. The van der Waals surface area contributed by atoms with Gasteiger partial charge >= 0.3 is 5.97 Å². The third kappa shape index (κ3) is 6.52. The number of fused-ring (bicyclic) bond motifs is 2. The molecule has 0 unspecified atom stereocenters. The number of hydrogen-bond donors (Lipinski definition) is 2. The first-order valence-electron chi connectivity index (χ1n) is 13.1. The van der Waals surface area contributed by atoms with Gasteiger partial charge in [-0.3, -0.25) is 9.59 Å². The zero-order chi connectivity index (χ0) is 27.2. The first kappa shape index (κ1) is 27.0. The molecule has 3 aromatic carbocycles. The molecule has 6 nitrogen and oxygen atoms in total. The van der Waals surface area contributed by atoms with Gasteiger partial charge in [-0.1, -0.05) is 49.2 Å². The number of thiophene rings is 1. The quantitative estimate of drug-likeness (QED) is 0.183. The van der Waals surface area contributed by atoms with Crippen molar-refractivity contribution in [3.8, 4) is 0 Å². The lowest BCUT2D eigenvalue weighted by Gasteiger charge is -2.11. The van der Waals surface area contributed by atoms with Gasteiger partial charge in [0.1, 0.15) is 5.00 Å². The summed E-state index contributed by atoms with van der Waals surface area (Å²) in [5.74, 6) is -0.606. The Morgan fingerprint density at radius 1 is 0.872 bits per heavy atom. The maximum absolute atomic E-state index is 12.9. The van der Waals surface area contributed by atoms with E-state index in [1.54, 1.807) is 0 Å². The molecule has 8 heteroatoms. The summed E-state index contributed by atoms with van der Waals surface area (Å²) in [6, 6.07) is 21.0. The van der Waals surface area contributed by atoms with Crippen LogP contribution in [0.5, 0.6) is 0 Å². The van der Waals surface area contributed by atoms with Crippen molar-refractivity contribution in [2.45, 2.75) is 43.4 Å². The summed E-state index contributed by atoms with van der Waals surface area (Å²) in [7, 11) is 1.38. The summed E-state index contributed by atoms with van der Waals surface area (Å²) < 4.78 is 5.06. The molecule has 0 atom stereocenters. The number of amides is 2. The molecule has 0 saturated heterocycles. The van der Waals surface area contributed by atoms with Crippen molar-refractivity contribution in [2.24, 2.45) is 0 Å². The maximum atomic E-state index is 12.9. The Kier molecular flexibility index (Phi) is 8.64. The summed E-state index contributed by atoms with van der Waals surface area (Å²) in [6.07, 6.45) is 6.21. The Balaban J connectivity index is 1.23. The molecular weight excluding hydrogens is 528 g/mol. The predicted molar refractivity (Wildman–Crippen MR) is 159 cm³/mol. The van der Waals surface area contributed by atoms with Crippen LogP contribution in [0.3, 0.4) is 0 Å². The van der Waals surface area contributed by atoms with Crippen LogP contribution in [0.15, 0.2) is 71.6 Å². The fourth-order valence-corrected chi connectivity index (χ4v) is 6.88. The number of benzene rings is 3. The van der Waals surface area contributed by atoms with Crippen LogP contribution in [0.4, 0.5) is 10.7 Å². The summed E-state index contributed by atoms with van der Waals surface area (Å²) in [5, 5.41) is 8.59. The zero-order valence-electron chi connectivity index (χ0n) is 21.8. The van der Waals surface area contributed by atoms with Crippen molar-refractivity contribution in [2.75, 3.05) is 23.5 Å². The van der Waals surface area contributed by atoms with Crippen molar-refractivity contribution >= 4 is 62.3 Å². The minimum atomic E-state index is -0.397. The van der Waals surface area contributed by atoms with Crippen LogP contribution in [-0.4, -0.2) is 30.6 Å². The van der Waals surface area contributed by atoms with E-state index in [9.17, 15) is 14.4 Å². The number of carbonyl (C=O) groups is 3. The number of anilines is 2. The lowest BCUT2D eigenvalue weighted by Crippen LogP contribution is -2.16. The minimum Gasteiger partial charge on any atom is -0.465 e. The van der Waals surface area contributed by atoms with E-state index < -0.39 is 5.97 Å². The van der Waals surface area contributed by atoms with Crippen LogP contribution in [0, 0.1) is 0 Å². The number of nitrogens with one attached hydrogen (secondary N) is 2. The molecule has 200 valence electrons. The standard InChI is InChI=1S/C31H30N2O4S2/c1-37-31(36)28-25-13-4-2-3-5-14-26(25)39-30(28)33-27(34)19-38-24-12-8-11-23(18-24)32-29(35)22-16-15-20-9-6-7-10-21(20)17-22/h6-12,15-18H,2-5,13-14,19H2,1H3,(H,32,35)(H,33,34). The van der Waals surface area contributed by atoms with E-state index in [0.717, 1.165) is 53.3 Å². The molecule has 5 rings (SSSR count). The Morgan fingerprint density at radius 2 is 1.67 bits per heavy atom. The van der Waals surface area contributed by atoms with E-state index >= 15 is 0 Å². The van der Waals surface area contributed by atoms with Gasteiger partial charge in [0.25, 0.3) is 5.91 Å². The van der Waals surface area contributed by atoms with Gasteiger partial charge < -0.3 is 15.4 Å². The van der Waals surface area contributed by atoms with Crippen LogP contribution in [0.1, 0.15) is 56.8 Å². The number of esters is 1. The van der Waals surface area contributed by atoms with Gasteiger partial charge in [0.15, 0.2) is 0 Å². The van der Waals surface area contributed by atoms with E-state index in [4.69, 9.17) is 4.74 Å². The molecule has 0 bridgehead atoms. The molecular formula is C31H30N2O4S2. The average molecular weight is 559 g/mol. The van der Waals surface area contributed by atoms with E-state index in [2.05, 4.69) is 10.6 Å². The number of hydrogen-bond acceptors (Lipinski definition) is 6. The highest BCUT2D eigenvalue weighted by Crippen LogP contribution is 2.37. The Hall–Kier alpha value is -3.62. The lowest BCUT2D eigenvalue weighted by atomic mass is 9.96. The van der Waals surface area contributed by atoms with Gasteiger partial charge in [-0.25, -0.2) is 4.79 Å². The largest absolute Gasteiger partial charge is 0.465 e. The lowest BCUT2D eigenvalue weighted by molar-refractivity contribution is -0.113.